The van der Waals surface area contributed by atoms with Crippen molar-refractivity contribution in [2.45, 2.75) is 0 Å². The zero-order chi connectivity index (χ0) is 17.3. The van der Waals surface area contributed by atoms with Crippen LogP contribution in [0.25, 0.3) is 22.5 Å². The van der Waals surface area contributed by atoms with Crippen LogP contribution in [0.4, 0.5) is 4.79 Å². The van der Waals surface area contributed by atoms with Gasteiger partial charge in [0.15, 0.2) is 0 Å². The molecule has 0 amide bonds. The molecule has 0 radical (unpaired) electrons. The summed E-state index contributed by atoms with van der Waals surface area (Å²) in [6.07, 6.45) is -1.20. The SMILES string of the molecule is N#Cc1ccc(-c2c(Br)c(-c3ccc(Cl)cc3)nn2C(=O)O)cc1. The number of aromatic nitrogens is 2. The number of hydrogen-bond acceptors (Lipinski definition) is 3. The lowest BCUT2D eigenvalue weighted by molar-refractivity contribution is 0.193. The smallest absolute Gasteiger partial charge is 0.432 e. The molecule has 24 heavy (non-hydrogen) atoms. The summed E-state index contributed by atoms with van der Waals surface area (Å²) in [6.45, 7) is 0. The van der Waals surface area contributed by atoms with Crippen molar-refractivity contribution in [3.8, 4) is 28.6 Å². The van der Waals surface area contributed by atoms with Gasteiger partial charge in [-0.3, -0.25) is 0 Å². The maximum absolute atomic E-state index is 11.6. The average molecular weight is 403 g/mol. The van der Waals surface area contributed by atoms with Gasteiger partial charge >= 0.3 is 6.09 Å². The van der Waals surface area contributed by atoms with Gasteiger partial charge in [0.25, 0.3) is 0 Å². The van der Waals surface area contributed by atoms with Gasteiger partial charge < -0.3 is 5.11 Å². The van der Waals surface area contributed by atoms with Crippen molar-refractivity contribution in [3.63, 3.8) is 0 Å². The van der Waals surface area contributed by atoms with E-state index in [0.717, 1.165) is 10.2 Å². The Balaban J connectivity index is 2.19. The van der Waals surface area contributed by atoms with E-state index < -0.39 is 6.09 Å². The topological polar surface area (TPSA) is 78.9 Å². The molecule has 1 heterocycles. The summed E-state index contributed by atoms with van der Waals surface area (Å²) in [7, 11) is 0. The summed E-state index contributed by atoms with van der Waals surface area (Å²) in [5.41, 5.74) is 2.76. The van der Waals surface area contributed by atoms with E-state index in [-0.39, 0.29) is 0 Å². The maximum atomic E-state index is 11.6. The molecule has 0 unspecified atom stereocenters. The van der Waals surface area contributed by atoms with E-state index in [1.54, 1.807) is 48.5 Å². The van der Waals surface area contributed by atoms with Gasteiger partial charge in [-0.2, -0.15) is 15.0 Å². The number of rotatable bonds is 2. The average Bonchev–Trinajstić information content (AvgIpc) is 2.93. The second-order valence-electron chi connectivity index (χ2n) is 4.90. The fraction of sp³-hybridized carbons (Fsp3) is 0. The first kappa shape index (κ1) is 16.2. The van der Waals surface area contributed by atoms with Crippen LogP contribution in [0.5, 0.6) is 0 Å². The zero-order valence-electron chi connectivity index (χ0n) is 12.1. The van der Waals surface area contributed by atoms with Crippen molar-refractivity contribution in [1.82, 2.24) is 9.78 Å². The van der Waals surface area contributed by atoms with E-state index in [4.69, 9.17) is 16.9 Å². The Morgan fingerprint density at radius 2 is 1.71 bits per heavy atom. The number of carbonyl (C=O) groups is 1. The number of halogens is 2. The van der Waals surface area contributed by atoms with Gasteiger partial charge in [0.2, 0.25) is 0 Å². The molecule has 0 aliphatic rings. The lowest BCUT2D eigenvalue weighted by atomic mass is 10.1. The second kappa shape index (κ2) is 6.48. The van der Waals surface area contributed by atoms with Crippen molar-refractivity contribution in [1.29, 1.82) is 5.26 Å². The van der Waals surface area contributed by atoms with Crippen molar-refractivity contribution in [2.75, 3.05) is 0 Å². The highest BCUT2D eigenvalue weighted by molar-refractivity contribution is 9.10. The van der Waals surface area contributed by atoms with Crippen LogP contribution < -0.4 is 0 Å². The lowest BCUT2D eigenvalue weighted by Gasteiger charge is -2.03. The monoisotopic (exact) mass is 401 g/mol. The molecular weight excluding hydrogens is 394 g/mol. The van der Waals surface area contributed by atoms with Gasteiger partial charge in [0, 0.05) is 16.1 Å². The number of nitrogens with zero attached hydrogens (tertiary/aromatic N) is 3. The van der Waals surface area contributed by atoms with E-state index in [2.05, 4.69) is 21.0 Å². The first-order chi connectivity index (χ1) is 11.5. The highest BCUT2D eigenvalue weighted by Gasteiger charge is 2.22. The highest BCUT2D eigenvalue weighted by atomic mass is 79.9. The third kappa shape index (κ3) is 2.92. The molecule has 3 aromatic rings. The zero-order valence-corrected chi connectivity index (χ0v) is 14.4. The second-order valence-corrected chi connectivity index (χ2v) is 6.13. The van der Waals surface area contributed by atoms with Gasteiger partial charge in [-0.05, 0) is 40.2 Å². The Morgan fingerprint density at radius 1 is 1.12 bits per heavy atom. The molecule has 0 aliphatic heterocycles. The number of carboxylic acid groups (broad SMARTS) is 1. The highest BCUT2D eigenvalue weighted by Crippen LogP contribution is 2.37. The van der Waals surface area contributed by atoms with Crippen LogP contribution in [0, 0.1) is 11.3 Å². The van der Waals surface area contributed by atoms with Crippen molar-refractivity contribution in [2.24, 2.45) is 0 Å². The Morgan fingerprint density at radius 3 is 2.25 bits per heavy atom. The summed E-state index contributed by atoms with van der Waals surface area (Å²) >= 11 is 9.35. The molecule has 0 atom stereocenters. The molecular formula is C17H9BrClN3O2. The van der Waals surface area contributed by atoms with Gasteiger partial charge in [-0.1, -0.05) is 35.9 Å². The summed E-state index contributed by atoms with van der Waals surface area (Å²) < 4.78 is 1.46. The normalized spacial score (nSPS) is 10.4. The minimum absolute atomic E-state index is 0.400. The van der Waals surface area contributed by atoms with Crippen molar-refractivity contribution < 1.29 is 9.90 Å². The van der Waals surface area contributed by atoms with Gasteiger partial charge in [-0.15, -0.1) is 0 Å². The largest absolute Gasteiger partial charge is 0.463 e. The lowest BCUT2D eigenvalue weighted by Crippen LogP contribution is -2.11. The van der Waals surface area contributed by atoms with Gasteiger partial charge in [0.05, 0.1) is 21.8 Å². The number of hydrogen-bond donors (Lipinski definition) is 1. The quantitative estimate of drug-likeness (QED) is 0.652. The minimum atomic E-state index is -1.20. The molecule has 0 bridgehead atoms. The Labute approximate surface area is 150 Å². The molecule has 1 aromatic heterocycles. The summed E-state index contributed by atoms with van der Waals surface area (Å²) in [5, 5.41) is 23.1. The third-order valence-corrected chi connectivity index (χ3v) is 4.42. The summed E-state index contributed by atoms with van der Waals surface area (Å²) in [4.78, 5) is 11.6. The molecule has 0 saturated heterocycles. The van der Waals surface area contributed by atoms with E-state index in [1.807, 2.05) is 6.07 Å². The van der Waals surface area contributed by atoms with Crippen LogP contribution in [-0.4, -0.2) is 21.0 Å². The van der Waals surface area contributed by atoms with E-state index in [1.165, 1.54) is 0 Å². The number of benzene rings is 2. The molecule has 5 nitrogen and oxygen atoms in total. The van der Waals surface area contributed by atoms with E-state index in [9.17, 15) is 9.90 Å². The number of nitriles is 1. The van der Waals surface area contributed by atoms with Crippen molar-refractivity contribution in [3.05, 3.63) is 63.6 Å². The Hall–Kier alpha value is -2.62. The Bertz CT molecular complexity index is 957. The fourth-order valence-electron chi connectivity index (χ4n) is 2.28. The van der Waals surface area contributed by atoms with Crippen LogP contribution in [0.2, 0.25) is 5.02 Å². The van der Waals surface area contributed by atoms with Gasteiger partial charge in [0.1, 0.15) is 5.69 Å². The van der Waals surface area contributed by atoms with Crippen molar-refractivity contribution >= 4 is 33.6 Å². The molecule has 0 aliphatic carbocycles. The predicted octanol–water partition coefficient (Wildman–Crippen LogP) is 5.03. The minimum Gasteiger partial charge on any atom is -0.463 e. The molecule has 118 valence electrons. The molecule has 0 saturated carbocycles. The van der Waals surface area contributed by atoms with E-state index in [0.29, 0.717) is 32.0 Å². The van der Waals surface area contributed by atoms with Crippen LogP contribution >= 0.6 is 27.5 Å². The molecule has 7 heteroatoms. The standard InChI is InChI=1S/C17H9BrClN3O2/c18-14-15(11-5-7-13(19)8-6-11)21-22(17(23)24)16(14)12-3-1-10(9-20)2-4-12/h1-8H,(H,23,24). The molecule has 0 spiro atoms. The molecule has 0 fully saturated rings. The maximum Gasteiger partial charge on any atom is 0.432 e. The fourth-order valence-corrected chi connectivity index (χ4v) is 3.11. The van der Waals surface area contributed by atoms with E-state index >= 15 is 0 Å². The molecule has 1 N–H and O–H groups in total. The van der Waals surface area contributed by atoms with Crippen LogP contribution in [0.1, 0.15) is 5.56 Å². The predicted molar refractivity (Wildman–Crippen MR) is 93.9 cm³/mol. The van der Waals surface area contributed by atoms with Gasteiger partial charge in [-0.25, -0.2) is 4.79 Å². The first-order valence-corrected chi connectivity index (χ1v) is 7.96. The summed E-state index contributed by atoms with van der Waals surface area (Å²) in [6, 6.07) is 15.6. The molecule has 2 aromatic carbocycles. The molecule has 3 rings (SSSR count). The first-order valence-electron chi connectivity index (χ1n) is 6.79. The summed E-state index contributed by atoms with van der Waals surface area (Å²) in [5.74, 6) is 0. The van der Waals surface area contributed by atoms with Crippen LogP contribution in [0.15, 0.2) is 53.0 Å². The van der Waals surface area contributed by atoms with Crippen LogP contribution in [-0.2, 0) is 0 Å². The third-order valence-electron chi connectivity index (χ3n) is 3.41. The Kier molecular flexibility index (Phi) is 4.38. The van der Waals surface area contributed by atoms with Crippen LogP contribution in [0.3, 0.4) is 0 Å².